The minimum absolute atomic E-state index is 0.314. The highest BCUT2D eigenvalue weighted by molar-refractivity contribution is 5.76. The summed E-state index contributed by atoms with van der Waals surface area (Å²) in [6.07, 6.45) is 1.06. The highest BCUT2D eigenvalue weighted by atomic mass is 16.3. The summed E-state index contributed by atoms with van der Waals surface area (Å²) in [6.45, 7) is 9.23. The smallest absolute Gasteiger partial charge is 0.0475 e. The number of hydrogen-bond acceptors (Lipinski definition) is 4. The number of likely N-dealkylation sites (tertiary alicyclic amines) is 1. The van der Waals surface area contributed by atoms with Gasteiger partial charge in [0.1, 0.15) is 0 Å². The topological polar surface area (TPSA) is 30.0 Å². The van der Waals surface area contributed by atoms with E-state index in [1.165, 1.54) is 27.8 Å². The molecule has 2 fully saturated rings. The second-order valence-corrected chi connectivity index (χ2v) is 9.33. The number of fused-ring (bicyclic) bond motifs is 3. The van der Waals surface area contributed by atoms with Crippen LogP contribution in [-0.2, 0) is 13.0 Å². The zero-order valence-electron chi connectivity index (χ0n) is 17.6. The molecule has 2 aromatic carbocycles. The molecule has 1 N–H and O–H groups in total. The first-order chi connectivity index (χ1) is 14.2. The Kier molecular flexibility index (Phi) is 5.44. The number of aliphatic hydroxyl groups is 1. The quantitative estimate of drug-likeness (QED) is 0.724. The predicted octanol–water partition coefficient (Wildman–Crippen LogP) is 2.55. The maximum Gasteiger partial charge on any atom is 0.0475 e. The lowest BCUT2D eigenvalue weighted by Gasteiger charge is -2.34. The Bertz CT molecular complexity index is 859. The average molecular weight is 392 g/mol. The van der Waals surface area contributed by atoms with Crippen molar-refractivity contribution < 1.29 is 5.11 Å². The minimum Gasteiger partial charge on any atom is -0.396 e. The lowest BCUT2D eigenvalue weighted by molar-refractivity contribution is 0.116. The van der Waals surface area contributed by atoms with Gasteiger partial charge in [-0.05, 0) is 53.1 Å². The Morgan fingerprint density at radius 3 is 2.45 bits per heavy atom. The largest absolute Gasteiger partial charge is 0.396 e. The fourth-order valence-electron chi connectivity index (χ4n) is 5.50. The molecule has 1 aliphatic carbocycles. The van der Waals surface area contributed by atoms with Crippen molar-refractivity contribution in [2.45, 2.75) is 13.0 Å². The first kappa shape index (κ1) is 19.3. The van der Waals surface area contributed by atoms with Crippen LogP contribution < -0.4 is 0 Å². The molecule has 154 valence electrons. The molecule has 0 amide bonds. The molecule has 0 bridgehead atoms. The van der Waals surface area contributed by atoms with Crippen LogP contribution in [0.3, 0.4) is 0 Å². The first-order valence-corrected chi connectivity index (χ1v) is 11.1. The van der Waals surface area contributed by atoms with E-state index in [9.17, 15) is 5.11 Å². The van der Waals surface area contributed by atoms with Gasteiger partial charge in [0, 0.05) is 59.0 Å². The van der Waals surface area contributed by atoms with Gasteiger partial charge in [0.2, 0.25) is 0 Å². The maximum atomic E-state index is 9.97. The van der Waals surface area contributed by atoms with E-state index in [0.717, 1.165) is 58.8 Å². The molecule has 0 spiro atoms. The number of likely N-dealkylation sites (N-methyl/N-ethyl adjacent to an activating group) is 1. The molecule has 3 aliphatic rings. The summed E-state index contributed by atoms with van der Waals surface area (Å²) in [5.41, 5.74) is 7.15. The summed E-state index contributed by atoms with van der Waals surface area (Å²) >= 11 is 0. The van der Waals surface area contributed by atoms with Gasteiger partial charge < -0.3 is 14.9 Å². The molecule has 5 rings (SSSR count). The van der Waals surface area contributed by atoms with Crippen molar-refractivity contribution in [2.24, 2.45) is 11.8 Å². The van der Waals surface area contributed by atoms with Crippen LogP contribution in [0.25, 0.3) is 11.1 Å². The Hall–Kier alpha value is -1.72. The van der Waals surface area contributed by atoms with E-state index < -0.39 is 0 Å². The molecule has 2 heterocycles. The minimum atomic E-state index is 0.314. The molecule has 0 radical (unpaired) electrons. The zero-order chi connectivity index (χ0) is 19.8. The monoisotopic (exact) mass is 391 g/mol. The Labute approximate surface area is 174 Å². The van der Waals surface area contributed by atoms with Crippen molar-refractivity contribution >= 4 is 0 Å². The van der Waals surface area contributed by atoms with Crippen LogP contribution in [0.5, 0.6) is 0 Å². The molecule has 0 saturated carbocycles. The normalized spacial score (nSPS) is 25.3. The first-order valence-electron chi connectivity index (χ1n) is 11.1. The van der Waals surface area contributed by atoms with Gasteiger partial charge in [-0.1, -0.05) is 42.5 Å². The van der Waals surface area contributed by atoms with Crippen LogP contribution in [0.15, 0.2) is 42.5 Å². The second-order valence-electron chi connectivity index (χ2n) is 9.33. The van der Waals surface area contributed by atoms with E-state index in [2.05, 4.69) is 64.2 Å². The van der Waals surface area contributed by atoms with Crippen molar-refractivity contribution in [3.8, 4) is 11.1 Å². The van der Waals surface area contributed by atoms with E-state index in [1.807, 2.05) is 0 Å². The standard InChI is InChI=1S/C25H33N3O/c1-26-8-10-27(11-9-26)15-22-16-28(17-23(22)18-29)14-19-6-7-25-21(12-19)13-20-4-2-3-5-24(20)25/h2-7,12,22-23,29H,8-11,13-18H2,1H3. The number of rotatable bonds is 5. The van der Waals surface area contributed by atoms with Gasteiger partial charge in [-0.25, -0.2) is 0 Å². The SMILES string of the molecule is CN1CCN(CC2CN(Cc3ccc4c(c3)Cc3ccccc3-4)CC2CO)CC1. The fraction of sp³-hybridized carbons (Fsp3) is 0.520. The number of piperazine rings is 1. The van der Waals surface area contributed by atoms with Crippen LogP contribution in [0.4, 0.5) is 0 Å². The lowest BCUT2D eigenvalue weighted by Crippen LogP contribution is -2.47. The van der Waals surface area contributed by atoms with Gasteiger partial charge in [0.15, 0.2) is 0 Å². The molecule has 0 aromatic heterocycles. The zero-order valence-corrected chi connectivity index (χ0v) is 17.6. The van der Waals surface area contributed by atoms with Gasteiger partial charge in [-0.15, -0.1) is 0 Å². The highest BCUT2D eigenvalue weighted by Crippen LogP contribution is 2.37. The van der Waals surface area contributed by atoms with Crippen LogP contribution in [0.2, 0.25) is 0 Å². The number of aliphatic hydroxyl groups excluding tert-OH is 1. The summed E-state index contributed by atoms with van der Waals surface area (Å²) in [6, 6.07) is 15.8. The summed E-state index contributed by atoms with van der Waals surface area (Å²) in [5, 5.41) is 9.97. The third kappa shape index (κ3) is 3.99. The highest BCUT2D eigenvalue weighted by Gasteiger charge is 2.34. The third-order valence-electron chi connectivity index (χ3n) is 7.24. The van der Waals surface area contributed by atoms with Crippen LogP contribution in [0, 0.1) is 11.8 Å². The molecule has 4 nitrogen and oxygen atoms in total. The summed E-state index contributed by atoms with van der Waals surface area (Å²) in [5.74, 6) is 0.996. The molecule has 2 aromatic rings. The van der Waals surface area contributed by atoms with E-state index >= 15 is 0 Å². The van der Waals surface area contributed by atoms with E-state index in [-0.39, 0.29) is 0 Å². The molecule has 2 aliphatic heterocycles. The van der Waals surface area contributed by atoms with Gasteiger partial charge in [-0.2, -0.15) is 0 Å². The summed E-state index contributed by atoms with van der Waals surface area (Å²) in [7, 11) is 2.21. The van der Waals surface area contributed by atoms with Crippen molar-refractivity contribution in [3.05, 3.63) is 59.2 Å². The van der Waals surface area contributed by atoms with Crippen molar-refractivity contribution in [1.29, 1.82) is 0 Å². The number of nitrogens with zero attached hydrogens (tertiary/aromatic N) is 3. The van der Waals surface area contributed by atoms with Crippen molar-refractivity contribution in [1.82, 2.24) is 14.7 Å². The van der Waals surface area contributed by atoms with Gasteiger partial charge in [0.25, 0.3) is 0 Å². The molecular formula is C25H33N3O. The van der Waals surface area contributed by atoms with Crippen LogP contribution in [0.1, 0.15) is 16.7 Å². The predicted molar refractivity (Wildman–Crippen MR) is 118 cm³/mol. The van der Waals surface area contributed by atoms with Crippen molar-refractivity contribution in [2.75, 3.05) is 59.5 Å². The van der Waals surface area contributed by atoms with Gasteiger partial charge in [0.05, 0.1) is 0 Å². The third-order valence-corrected chi connectivity index (χ3v) is 7.24. The molecule has 29 heavy (non-hydrogen) atoms. The molecule has 4 heteroatoms. The Morgan fingerprint density at radius 2 is 1.62 bits per heavy atom. The second kappa shape index (κ2) is 8.19. The molecule has 2 atom stereocenters. The lowest BCUT2D eigenvalue weighted by atomic mass is 9.96. The van der Waals surface area contributed by atoms with E-state index in [4.69, 9.17) is 0 Å². The fourth-order valence-corrected chi connectivity index (χ4v) is 5.50. The Morgan fingerprint density at radius 1 is 0.862 bits per heavy atom. The van der Waals surface area contributed by atoms with Crippen molar-refractivity contribution in [3.63, 3.8) is 0 Å². The molecular weight excluding hydrogens is 358 g/mol. The van der Waals surface area contributed by atoms with Gasteiger partial charge >= 0.3 is 0 Å². The molecule has 2 saturated heterocycles. The number of hydrogen-bond donors (Lipinski definition) is 1. The number of benzene rings is 2. The van der Waals surface area contributed by atoms with Crippen LogP contribution in [-0.4, -0.2) is 79.3 Å². The average Bonchev–Trinajstić information content (AvgIpc) is 3.29. The van der Waals surface area contributed by atoms with Gasteiger partial charge in [-0.3, -0.25) is 4.90 Å². The van der Waals surface area contributed by atoms with E-state index in [0.29, 0.717) is 18.4 Å². The summed E-state index contributed by atoms with van der Waals surface area (Å²) < 4.78 is 0. The maximum absolute atomic E-state index is 9.97. The Balaban J connectivity index is 1.23. The molecule has 2 unspecified atom stereocenters. The van der Waals surface area contributed by atoms with Crippen LogP contribution >= 0.6 is 0 Å². The van der Waals surface area contributed by atoms with E-state index in [1.54, 1.807) is 0 Å². The summed E-state index contributed by atoms with van der Waals surface area (Å²) in [4.78, 5) is 7.57.